The molecule has 60 valence electrons. The molecular weight excluding hydrogens is 140 g/mol. The van der Waals surface area contributed by atoms with E-state index in [4.69, 9.17) is 5.73 Å². The quantitative estimate of drug-likeness (QED) is 0.669. The van der Waals surface area contributed by atoms with Crippen LogP contribution < -0.4 is 5.73 Å². The summed E-state index contributed by atoms with van der Waals surface area (Å²) in [5.74, 6) is 0.182. The van der Waals surface area contributed by atoms with Gasteiger partial charge in [-0.15, -0.1) is 0 Å². The lowest BCUT2D eigenvalue weighted by atomic mass is 10.1. The van der Waals surface area contributed by atoms with Gasteiger partial charge in [-0.2, -0.15) is 0 Å². The van der Waals surface area contributed by atoms with Crippen molar-refractivity contribution in [1.82, 2.24) is 4.98 Å². The van der Waals surface area contributed by atoms with Crippen LogP contribution in [0.25, 0.3) is 0 Å². The molecular formula is C8H12N2O. The Morgan fingerprint density at radius 1 is 1.73 bits per heavy atom. The lowest BCUT2D eigenvalue weighted by Gasteiger charge is -2.09. The van der Waals surface area contributed by atoms with Crippen LogP contribution in [0.5, 0.6) is 5.75 Å². The molecule has 3 heteroatoms. The predicted octanol–water partition coefficient (Wildman–Crippen LogP) is 1.20. The van der Waals surface area contributed by atoms with E-state index in [1.54, 1.807) is 12.3 Å². The maximum Gasteiger partial charge on any atom is 0.138 e. The third-order valence-electron chi connectivity index (χ3n) is 1.67. The SMILES string of the molecule is CCC(N)c1ccncc1O. The Balaban J connectivity index is 2.93. The fraction of sp³-hybridized carbons (Fsp3) is 0.375. The van der Waals surface area contributed by atoms with E-state index in [2.05, 4.69) is 4.98 Å². The topological polar surface area (TPSA) is 59.1 Å². The molecule has 0 bridgehead atoms. The summed E-state index contributed by atoms with van der Waals surface area (Å²) in [7, 11) is 0. The number of rotatable bonds is 2. The van der Waals surface area contributed by atoms with Crippen LogP contribution in [-0.2, 0) is 0 Å². The molecule has 0 aliphatic heterocycles. The zero-order valence-corrected chi connectivity index (χ0v) is 6.49. The molecule has 0 aliphatic carbocycles. The van der Waals surface area contributed by atoms with Crippen molar-refractivity contribution in [2.75, 3.05) is 0 Å². The van der Waals surface area contributed by atoms with Gasteiger partial charge in [-0.25, -0.2) is 0 Å². The Morgan fingerprint density at radius 2 is 2.45 bits per heavy atom. The molecule has 1 rings (SSSR count). The average Bonchev–Trinajstić information content (AvgIpc) is 2.04. The summed E-state index contributed by atoms with van der Waals surface area (Å²) in [6.45, 7) is 1.98. The normalized spacial score (nSPS) is 12.9. The molecule has 0 saturated heterocycles. The number of nitrogens with zero attached hydrogens (tertiary/aromatic N) is 1. The second-order valence-corrected chi connectivity index (χ2v) is 2.45. The van der Waals surface area contributed by atoms with Crippen LogP contribution in [0.15, 0.2) is 18.5 Å². The fourth-order valence-electron chi connectivity index (χ4n) is 0.930. The first kappa shape index (κ1) is 8.01. The molecule has 0 saturated carbocycles. The van der Waals surface area contributed by atoms with Crippen molar-refractivity contribution in [2.45, 2.75) is 19.4 Å². The molecule has 0 fully saturated rings. The van der Waals surface area contributed by atoms with E-state index in [0.29, 0.717) is 0 Å². The van der Waals surface area contributed by atoms with Crippen LogP contribution in [0, 0.1) is 0 Å². The summed E-state index contributed by atoms with van der Waals surface area (Å²) in [4.78, 5) is 3.76. The van der Waals surface area contributed by atoms with Gasteiger partial charge in [0, 0.05) is 17.8 Å². The predicted molar refractivity (Wildman–Crippen MR) is 43.1 cm³/mol. The molecule has 3 nitrogen and oxygen atoms in total. The molecule has 1 heterocycles. The fourth-order valence-corrected chi connectivity index (χ4v) is 0.930. The summed E-state index contributed by atoms with van der Waals surface area (Å²) >= 11 is 0. The number of hydrogen-bond acceptors (Lipinski definition) is 3. The van der Waals surface area contributed by atoms with E-state index in [1.807, 2.05) is 6.92 Å². The van der Waals surface area contributed by atoms with Crippen LogP contribution in [0.1, 0.15) is 24.9 Å². The molecule has 0 radical (unpaired) electrons. The molecule has 1 atom stereocenters. The lowest BCUT2D eigenvalue weighted by Crippen LogP contribution is -2.08. The summed E-state index contributed by atoms with van der Waals surface area (Å²) in [6, 6.07) is 1.65. The van der Waals surface area contributed by atoms with Crippen LogP contribution in [-0.4, -0.2) is 10.1 Å². The Labute approximate surface area is 65.9 Å². The van der Waals surface area contributed by atoms with E-state index in [0.717, 1.165) is 12.0 Å². The van der Waals surface area contributed by atoms with Gasteiger partial charge in [-0.05, 0) is 12.5 Å². The summed E-state index contributed by atoms with van der Waals surface area (Å²) < 4.78 is 0. The molecule has 1 aromatic rings. The number of pyridine rings is 1. The second-order valence-electron chi connectivity index (χ2n) is 2.45. The van der Waals surface area contributed by atoms with Gasteiger partial charge in [0.15, 0.2) is 0 Å². The van der Waals surface area contributed by atoms with Gasteiger partial charge in [0.2, 0.25) is 0 Å². The van der Waals surface area contributed by atoms with Gasteiger partial charge in [0.05, 0.1) is 6.20 Å². The highest BCUT2D eigenvalue weighted by Gasteiger charge is 2.06. The largest absolute Gasteiger partial charge is 0.506 e. The first-order chi connectivity index (χ1) is 5.25. The zero-order chi connectivity index (χ0) is 8.27. The van der Waals surface area contributed by atoms with Crippen LogP contribution in [0.4, 0.5) is 0 Å². The van der Waals surface area contributed by atoms with Crippen LogP contribution >= 0.6 is 0 Å². The molecule has 1 unspecified atom stereocenters. The van der Waals surface area contributed by atoms with Gasteiger partial charge in [0.25, 0.3) is 0 Å². The van der Waals surface area contributed by atoms with Crippen molar-refractivity contribution in [3.63, 3.8) is 0 Å². The number of nitrogens with two attached hydrogens (primary N) is 1. The molecule has 0 aliphatic rings. The van der Waals surface area contributed by atoms with E-state index < -0.39 is 0 Å². The van der Waals surface area contributed by atoms with Crippen molar-refractivity contribution in [2.24, 2.45) is 5.73 Å². The average molecular weight is 152 g/mol. The molecule has 3 N–H and O–H groups in total. The highest BCUT2D eigenvalue weighted by Crippen LogP contribution is 2.22. The van der Waals surface area contributed by atoms with Crippen molar-refractivity contribution in [1.29, 1.82) is 0 Å². The van der Waals surface area contributed by atoms with E-state index >= 15 is 0 Å². The Hall–Kier alpha value is -1.09. The Morgan fingerprint density at radius 3 is 3.00 bits per heavy atom. The third kappa shape index (κ3) is 1.68. The lowest BCUT2D eigenvalue weighted by molar-refractivity contribution is 0.457. The van der Waals surface area contributed by atoms with E-state index in [-0.39, 0.29) is 11.8 Å². The monoisotopic (exact) mass is 152 g/mol. The molecule has 1 aromatic heterocycles. The molecule has 0 aromatic carbocycles. The second kappa shape index (κ2) is 3.34. The third-order valence-corrected chi connectivity index (χ3v) is 1.67. The highest BCUT2D eigenvalue weighted by atomic mass is 16.3. The standard InChI is InChI=1S/C8H12N2O/c1-2-7(9)6-3-4-10-5-8(6)11/h3-5,7,11H,2,9H2,1H3. The van der Waals surface area contributed by atoms with Gasteiger partial charge in [-0.1, -0.05) is 6.92 Å². The smallest absolute Gasteiger partial charge is 0.138 e. The number of hydrogen-bond donors (Lipinski definition) is 2. The molecule has 0 amide bonds. The van der Waals surface area contributed by atoms with Crippen LogP contribution in [0.3, 0.4) is 0 Å². The highest BCUT2D eigenvalue weighted by molar-refractivity contribution is 5.30. The maximum atomic E-state index is 9.27. The van der Waals surface area contributed by atoms with E-state index in [1.165, 1.54) is 6.20 Å². The minimum Gasteiger partial charge on any atom is -0.506 e. The Kier molecular flexibility index (Phi) is 2.44. The zero-order valence-electron chi connectivity index (χ0n) is 6.49. The first-order valence-electron chi connectivity index (χ1n) is 3.64. The van der Waals surface area contributed by atoms with Crippen molar-refractivity contribution < 1.29 is 5.11 Å². The Bertz CT molecular complexity index is 237. The summed E-state index contributed by atoms with van der Waals surface area (Å²) in [5, 5.41) is 9.27. The van der Waals surface area contributed by atoms with Crippen molar-refractivity contribution in [3.05, 3.63) is 24.0 Å². The summed E-state index contributed by atoms with van der Waals surface area (Å²) in [6.07, 6.45) is 3.85. The number of aromatic nitrogens is 1. The van der Waals surface area contributed by atoms with Crippen LogP contribution in [0.2, 0.25) is 0 Å². The minimum atomic E-state index is -0.0852. The van der Waals surface area contributed by atoms with Crippen molar-refractivity contribution >= 4 is 0 Å². The first-order valence-corrected chi connectivity index (χ1v) is 3.64. The summed E-state index contributed by atoms with van der Waals surface area (Å²) in [5.41, 5.74) is 6.47. The molecule has 11 heavy (non-hydrogen) atoms. The van der Waals surface area contributed by atoms with Crippen molar-refractivity contribution in [3.8, 4) is 5.75 Å². The maximum absolute atomic E-state index is 9.27. The van der Waals surface area contributed by atoms with Gasteiger partial charge in [0.1, 0.15) is 5.75 Å². The minimum absolute atomic E-state index is 0.0852. The number of aromatic hydroxyl groups is 1. The van der Waals surface area contributed by atoms with Gasteiger partial charge in [-0.3, -0.25) is 4.98 Å². The molecule has 0 spiro atoms. The van der Waals surface area contributed by atoms with Gasteiger partial charge < -0.3 is 10.8 Å². The van der Waals surface area contributed by atoms with Gasteiger partial charge >= 0.3 is 0 Å². The van der Waals surface area contributed by atoms with E-state index in [9.17, 15) is 5.11 Å².